The molecule has 0 saturated heterocycles. The Labute approximate surface area is 150 Å². The molecule has 1 aliphatic carbocycles. The average Bonchev–Trinajstić information content (AvgIpc) is 2.66. The SMILES string of the molecule is CCCCNc1c(C#N)c(C#N)c(N)c2c1C(=O)c1ccccc1C2=O. The minimum Gasteiger partial charge on any atom is -0.397 e. The van der Waals surface area contributed by atoms with Gasteiger partial charge in [-0.15, -0.1) is 0 Å². The van der Waals surface area contributed by atoms with Crippen LogP contribution in [0.4, 0.5) is 11.4 Å². The standard InChI is InChI=1S/C20H16N4O2/c1-2-3-8-24-18-14(10-22)13(9-21)17(23)15-16(18)20(26)12-7-5-4-6-11(12)19(15)25/h4-7,24H,2-3,8,23H2,1H3. The second-order valence-corrected chi connectivity index (χ2v) is 6.00. The lowest BCUT2D eigenvalue weighted by molar-refractivity contribution is 0.0980. The highest BCUT2D eigenvalue weighted by Gasteiger charge is 2.36. The van der Waals surface area contributed by atoms with Crippen molar-refractivity contribution in [2.75, 3.05) is 17.6 Å². The quantitative estimate of drug-likeness (QED) is 0.554. The summed E-state index contributed by atoms with van der Waals surface area (Å²) in [5, 5.41) is 22.1. The van der Waals surface area contributed by atoms with Gasteiger partial charge >= 0.3 is 0 Å². The van der Waals surface area contributed by atoms with E-state index in [4.69, 9.17) is 5.73 Å². The van der Waals surface area contributed by atoms with Gasteiger partial charge in [0, 0.05) is 17.7 Å². The zero-order chi connectivity index (χ0) is 18.8. The zero-order valence-corrected chi connectivity index (χ0v) is 14.2. The van der Waals surface area contributed by atoms with E-state index in [0.29, 0.717) is 6.54 Å². The minimum absolute atomic E-state index is 0.000356. The number of nitrogens with two attached hydrogens (primary N) is 1. The molecular formula is C20H16N4O2. The van der Waals surface area contributed by atoms with Crippen molar-refractivity contribution in [3.05, 3.63) is 57.6 Å². The third-order valence-electron chi connectivity index (χ3n) is 4.46. The molecule has 3 N–H and O–H groups in total. The van der Waals surface area contributed by atoms with Gasteiger partial charge in [0.15, 0.2) is 11.6 Å². The number of rotatable bonds is 4. The molecule has 0 aliphatic heterocycles. The molecule has 128 valence electrons. The number of anilines is 2. The highest BCUT2D eigenvalue weighted by atomic mass is 16.1. The predicted octanol–water partition coefficient (Wildman–Crippen LogP) is 3.00. The third-order valence-corrected chi connectivity index (χ3v) is 4.46. The van der Waals surface area contributed by atoms with Crippen LogP contribution in [0.5, 0.6) is 0 Å². The topological polar surface area (TPSA) is 120 Å². The van der Waals surface area contributed by atoms with Crippen LogP contribution in [0.3, 0.4) is 0 Å². The molecule has 0 spiro atoms. The van der Waals surface area contributed by atoms with Gasteiger partial charge in [-0.3, -0.25) is 9.59 Å². The number of carbonyl (C=O) groups excluding carboxylic acids is 2. The van der Waals surface area contributed by atoms with Crippen LogP contribution < -0.4 is 11.1 Å². The smallest absolute Gasteiger partial charge is 0.196 e. The number of hydrogen-bond donors (Lipinski definition) is 2. The highest BCUT2D eigenvalue weighted by Crippen LogP contribution is 2.40. The second kappa shape index (κ2) is 6.70. The number of fused-ring (bicyclic) bond motifs is 2. The molecule has 1 aliphatic rings. The minimum atomic E-state index is -0.410. The lowest BCUT2D eigenvalue weighted by Crippen LogP contribution is -2.25. The molecule has 0 aromatic heterocycles. The van der Waals surface area contributed by atoms with E-state index < -0.39 is 5.78 Å². The lowest BCUT2D eigenvalue weighted by atomic mass is 9.79. The van der Waals surface area contributed by atoms with Gasteiger partial charge < -0.3 is 11.1 Å². The molecule has 0 fully saturated rings. The van der Waals surface area contributed by atoms with Crippen LogP contribution in [0.1, 0.15) is 62.7 Å². The molecule has 26 heavy (non-hydrogen) atoms. The van der Waals surface area contributed by atoms with Gasteiger partial charge in [-0.05, 0) is 6.42 Å². The van der Waals surface area contributed by atoms with Crippen LogP contribution in [-0.2, 0) is 0 Å². The Morgan fingerprint density at radius 3 is 2.12 bits per heavy atom. The number of nitrogens with one attached hydrogen (secondary N) is 1. The first-order valence-electron chi connectivity index (χ1n) is 8.28. The maximum Gasteiger partial charge on any atom is 0.196 e. The fraction of sp³-hybridized carbons (Fsp3) is 0.200. The number of nitrogens with zero attached hydrogens (tertiary/aromatic N) is 2. The summed E-state index contributed by atoms with van der Waals surface area (Å²) in [4.78, 5) is 26.1. The molecule has 6 nitrogen and oxygen atoms in total. The van der Waals surface area contributed by atoms with Crippen molar-refractivity contribution in [3.63, 3.8) is 0 Å². The number of unbranched alkanes of at least 4 members (excludes halogenated alkanes) is 1. The number of carbonyl (C=O) groups is 2. The summed E-state index contributed by atoms with van der Waals surface area (Å²) < 4.78 is 0. The van der Waals surface area contributed by atoms with Crippen molar-refractivity contribution >= 4 is 22.9 Å². The van der Waals surface area contributed by atoms with Crippen molar-refractivity contribution in [2.24, 2.45) is 0 Å². The Morgan fingerprint density at radius 1 is 1.00 bits per heavy atom. The summed E-state index contributed by atoms with van der Waals surface area (Å²) >= 11 is 0. The largest absolute Gasteiger partial charge is 0.397 e. The fourth-order valence-corrected chi connectivity index (χ4v) is 3.18. The summed E-state index contributed by atoms with van der Waals surface area (Å²) in [6.07, 6.45) is 1.72. The van der Waals surface area contributed by atoms with E-state index in [-0.39, 0.29) is 50.5 Å². The molecule has 0 saturated carbocycles. The average molecular weight is 344 g/mol. The van der Waals surface area contributed by atoms with Gasteiger partial charge in [-0.2, -0.15) is 10.5 Å². The molecule has 0 unspecified atom stereocenters. The van der Waals surface area contributed by atoms with E-state index in [2.05, 4.69) is 5.32 Å². The van der Waals surface area contributed by atoms with Crippen molar-refractivity contribution in [3.8, 4) is 12.1 Å². The number of nitrogen functional groups attached to an aromatic ring is 1. The summed E-state index contributed by atoms with van der Waals surface area (Å²) in [6, 6.07) is 10.4. The van der Waals surface area contributed by atoms with Gasteiger partial charge in [-0.25, -0.2) is 0 Å². The number of nitriles is 2. The Morgan fingerprint density at radius 2 is 1.58 bits per heavy atom. The molecule has 0 amide bonds. The van der Waals surface area contributed by atoms with Crippen LogP contribution in [0.2, 0.25) is 0 Å². The number of benzene rings is 2. The van der Waals surface area contributed by atoms with Crippen LogP contribution in [-0.4, -0.2) is 18.1 Å². The summed E-state index contributed by atoms with van der Waals surface area (Å²) in [6.45, 7) is 2.52. The summed E-state index contributed by atoms with van der Waals surface area (Å²) in [5.74, 6) is -0.783. The van der Waals surface area contributed by atoms with E-state index in [0.717, 1.165) is 12.8 Å². The molecular weight excluding hydrogens is 328 g/mol. The highest BCUT2D eigenvalue weighted by molar-refractivity contribution is 6.32. The Kier molecular flexibility index (Phi) is 4.43. The zero-order valence-electron chi connectivity index (χ0n) is 14.2. The molecule has 2 aromatic rings. The van der Waals surface area contributed by atoms with Crippen molar-refractivity contribution < 1.29 is 9.59 Å². The van der Waals surface area contributed by atoms with E-state index >= 15 is 0 Å². The molecule has 0 atom stereocenters. The Hall–Kier alpha value is -3.64. The molecule has 0 heterocycles. The van der Waals surface area contributed by atoms with E-state index in [1.165, 1.54) is 0 Å². The monoisotopic (exact) mass is 344 g/mol. The van der Waals surface area contributed by atoms with Gasteiger partial charge in [0.2, 0.25) is 0 Å². The van der Waals surface area contributed by atoms with E-state index in [1.54, 1.807) is 24.3 Å². The molecule has 2 aromatic carbocycles. The maximum atomic E-state index is 13.1. The van der Waals surface area contributed by atoms with Gasteiger partial charge in [0.25, 0.3) is 0 Å². The normalized spacial score (nSPS) is 12.0. The van der Waals surface area contributed by atoms with Crippen LogP contribution in [0, 0.1) is 22.7 Å². The van der Waals surface area contributed by atoms with Crippen molar-refractivity contribution in [1.82, 2.24) is 0 Å². The lowest BCUT2D eigenvalue weighted by Gasteiger charge is -2.24. The molecule has 0 bridgehead atoms. The first-order chi connectivity index (χ1) is 12.6. The summed E-state index contributed by atoms with van der Waals surface area (Å²) in [5.41, 5.74) is 6.69. The number of hydrogen-bond acceptors (Lipinski definition) is 6. The van der Waals surface area contributed by atoms with E-state index in [1.807, 2.05) is 19.1 Å². The third kappa shape index (κ3) is 2.40. The Bertz CT molecular complexity index is 1030. The van der Waals surface area contributed by atoms with Crippen molar-refractivity contribution in [2.45, 2.75) is 19.8 Å². The second-order valence-electron chi connectivity index (χ2n) is 6.00. The van der Waals surface area contributed by atoms with Gasteiger partial charge in [0.1, 0.15) is 12.1 Å². The molecule has 3 rings (SSSR count). The molecule has 6 heteroatoms. The predicted molar refractivity (Wildman–Crippen MR) is 97.0 cm³/mol. The van der Waals surface area contributed by atoms with E-state index in [9.17, 15) is 20.1 Å². The first kappa shape index (κ1) is 17.2. The van der Waals surface area contributed by atoms with Crippen molar-refractivity contribution in [1.29, 1.82) is 10.5 Å². The van der Waals surface area contributed by atoms with Gasteiger partial charge in [-0.1, -0.05) is 37.6 Å². The van der Waals surface area contributed by atoms with Crippen LogP contribution >= 0.6 is 0 Å². The Balaban J connectivity index is 2.36. The summed E-state index contributed by atoms with van der Waals surface area (Å²) in [7, 11) is 0. The molecule has 0 radical (unpaired) electrons. The fourth-order valence-electron chi connectivity index (χ4n) is 3.18. The maximum absolute atomic E-state index is 13.1. The van der Waals surface area contributed by atoms with Crippen LogP contribution in [0.15, 0.2) is 24.3 Å². The number of ketones is 2. The van der Waals surface area contributed by atoms with Gasteiger partial charge in [0.05, 0.1) is 33.6 Å². The first-order valence-corrected chi connectivity index (χ1v) is 8.28. The van der Waals surface area contributed by atoms with Crippen LogP contribution in [0.25, 0.3) is 0 Å².